The number of fused-ring (bicyclic) bond motifs is 1. The highest BCUT2D eigenvalue weighted by atomic mass is 32.1. The molecule has 1 N–H and O–H groups in total. The van der Waals surface area contributed by atoms with Crippen LogP contribution in [0.3, 0.4) is 0 Å². The highest BCUT2D eigenvalue weighted by molar-refractivity contribution is 7.14. The third-order valence-electron chi connectivity index (χ3n) is 6.12. The van der Waals surface area contributed by atoms with Gasteiger partial charge in [0.2, 0.25) is 0 Å². The molecule has 174 valence electrons. The van der Waals surface area contributed by atoms with Gasteiger partial charge in [-0.15, -0.1) is 11.3 Å². The normalized spacial score (nSPS) is 18.8. The molecule has 2 aromatic heterocycles. The summed E-state index contributed by atoms with van der Waals surface area (Å²) >= 11 is 1.41. The second-order valence-electron chi connectivity index (χ2n) is 9.18. The van der Waals surface area contributed by atoms with Crippen LogP contribution in [-0.2, 0) is 6.54 Å². The molecular weight excluding hydrogens is 446 g/mol. The number of carbonyl (C=O) groups is 1. The summed E-state index contributed by atoms with van der Waals surface area (Å²) in [6.45, 7) is 7.51. The van der Waals surface area contributed by atoms with Crippen LogP contribution in [0.1, 0.15) is 36.5 Å². The van der Waals surface area contributed by atoms with Gasteiger partial charge in [-0.1, -0.05) is 50.2 Å². The van der Waals surface area contributed by atoms with E-state index in [1.54, 1.807) is 36.4 Å². The highest BCUT2D eigenvalue weighted by Crippen LogP contribution is 2.24. The Morgan fingerprint density at radius 3 is 2.44 bits per heavy atom. The maximum Gasteiger partial charge on any atom is 0.279 e. The number of piperidine rings is 1. The molecule has 1 fully saturated rings. The lowest BCUT2D eigenvalue weighted by Crippen LogP contribution is -2.38. The number of aromatic nitrogens is 3. The molecule has 2 aromatic carbocycles. The van der Waals surface area contributed by atoms with E-state index in [9.17, 15) is 9.59 Å². The average Bonchev–Trinajstić information content (AvgIpc) is 3.25. The fourth-order valence-electron chi connectivity index (χ4n) is 4.84. The van der Waals surface area contributed by atoms with Crippen molar-refractivity contribution in [2.24, 2.45) is 11.8 Å². The Morgan fingerprint density at radius 2 is 1.71 bits per heavy atom. The Hall–Kier alpha value is -3.36. The van der Waals surface area contributed by atoms with Gasteiger partial charge in [-0.3, -0.25) is 19.8 Å². The summed E-state index contributed by atoms with van der Waals surface area (Å²) in [7, 11) is 0. The van der Waals surface area contributed by atoms with Crippen molar-refractivity contribution in [3.8, 4) is 5.69 Å². The van der Waals surface area contributed by atoms with Crippen LogP contribution in [-0.4, -0.2) is 38.7 Å². The third kappa shape index (κ3) is 4.64. The van der Waals surface area contributed by atoms with Crippen LogP contribution in [0, 0.1) is 11.8 Å². The molecule has 0 radical (unpaired) electrons. The molecule has 8 heteroatoms. The number of benzene rings is 2. The lowest BCUT2D eigenvalue weighted by atomic mass is 9.92. The molecule has 0 bridgehead atoms. The maximum absolute atomic E-state index is 13.3. The van der Waals surface area contributed by atoms with E-state index >= 15 is 0 Å². The molecule has 0 spiro atoms. The molecular formula is C26H27N5O2S. The van der Waals surface area contributed by atoms with Gasteiger partial charge in [-0.25, -0.2) is 4.98 Å². The summed E-state index contributed by atoms with van der Waals surface area (Å²) in [5, 5.41) is 10.8. The third-order valence-corrected chi connectivity index (χ3v) is 6.93. The predicted molar refractivity (Wildman–Crippen MR) is 136 cm³/mol. The van der Waals surface area contributed by atoms with Gasteiger partial charge in [0.1, 0.15) is 0 Å². The van der Waals surface area contributed by atoms with Crippen molar-refractivity contribution in [3.63, 3.8) is 0 Å². The number of para-hydroxylation sites is 1. The first-order chi connectivity index (χ1) is 16.5. The van der Waals surface area contributed by atoms with Crippen molar-refractivity contribution < 1.29 is 4.79 Å². The quantitative estimate of drug-likeness (QED) is 0.459. The van der Waals surface area contributed by atoms with Gasteiger partial charge < -0.3 is 0 Å². The molecule has 1 aliphatic heterocycles. The van der Waals surface area contributed by atoms with E-state index in [2.05, 4.69) is 34.1 Å². The Bertz CT molecular complexity index is 1370. The number of hydrogen-bond acceptors (Lipinski definition) is 6. The SMILES string of the molecule is CC1CC(C)CN(Cc2csc(NC(=O)c3nn(-c4ccccc4)c(=O)c4ccccc34)n2)C1. The van der Waals surface area contributed by atoms with Crippen LogP contribution >= 0.6 is 11.3 Å². The van der Waals surface area contributed by atoms with Gasteiger partial charge in [0, 0.05) is 30.4 Å². The van der Waals surface area contributed by atoms with Crippen LogP contribution in [0.15, 0.2) is 64.8 Å². The van der Waals surface area contributed by atoms with Crippen molar-refractivity contribution in [2.45, 2.75) is 26.8 Å². The van der Waals surface area contributed by atoms with E-state index < -0.39 is 0 Å². The highest BCUT2D eigenvalue weighted by Gasteiger charge is 2.23. The van der Waals surface area contributed by atoms with Gasteiger partial charge in [0.15, 0.2) is 10.8 Å². The zero-order chi connectivity index (χ0) is 23.7. The monoisotopic (exact) mass is 473 g/mol. The summed E-state index contributed by atoms with van der Waals surface area (Å²) in [6, 6.07) is 16.2. The minimum absolute atomic E-state index is 0.189. The van der Waals surface area contributed by atoms with E-state index in [1.165, 1.54) is 22.4 Å². The van der Waals surface area contributed by atoms with E-state index in [-0.39, 0.29) is 17.2 Å². The minimum Gasteiger partial charge on any atom is -0.297 e. The van der Waals surface area contributed by atoms with Crippen molar-refractivity contribution in [2.75, 3.05) is 18.4 Å². The van der Waals surface area contributed by atoms with Crippen LogP contribution in [0.25, 0.3) is 16.5 Å². The number of carbonyl (C=O) groups excluding carboxylic acids is 1. The second kappa shape index (κ2) is 9.48. The smallest absolute Gasteiger partial charge is 0.279 e. The van der Waals surface area contributed by atoms with Crippen LogP contribution in [0.5, 0.6) is 0 Å². The number of nitrogens with zero attached hydrogens (tertiary/aromatic N) is 4. The molecule has 7 nitrogen and oxygen atoms in total. The Balaban J connectivity index is 1.41. The van der Waals surface area contributed by atoms with E-state index in [0.29, 0.717) is 33.4 Å². The van der Waals surface area contributed by atoms with Crippen LogP contribution in [0.2, 0.25) is 0 Å². The molecule has 0 saturated carbocycles. The summed E-state index contributed by atoms with van der Waals surface area (Å²) in [5.41, 5.74) is 1.48. The predicted octanol–water partition coefficient (Wildman–Crippen LogP) is 4.57. The number of amides is 1. The summed E-state index contributed by atoms with van der Waals surface area (Å²) in [6.07, 6.45) is 1.26. The Kier molecular flexibility index (Phi) is 6.26. The summed E-state index contributed by atoms with van der Waals surface area (Å²) < 4.78 is 1.28. The van der Waals surface area contributed by atoms with E-state index in [4.69, 9.17) is 0 Å². The van der Waals surface area contributed by atoms with Crippen molar-refractivity contribution >= 4 is 33.1 Å². The standard InChI is InChI=1S/C26H27N5O2S/c1-17-12-18(2)14-30(13-17)15-19-16-34-26(27-19)28-24(32)23-21-10-6-7-11-22(21)25(33)31(29-23)20-8-4-3-5-9-20/h3-11,16-18H,12-15H2,1-2H3,(H,27,28,32). The molecule has 0 aliphatic carbocycles. The molecule has 1 saturated heterocycles. The topological polar surface area (TPSA) is 80.1 Å². The largest absolute Gasteiger partial charge is 0.297 e. The lowest BCUT2D eigenvalue weighted by molar-refractivity contribution is 0.102. The first kappa shape index (κ1) is 22.4. The first-order valence-corrected chi connectivity index (χ1v) is 12.4. The number of nitrogens with one attached hydrogen (secondary N) is 1. The van der Waals surface area contributed by atoms with E-state index in [1.807, 2.05) is 23.6 Å². The zero-order valence-corrected chi connectivity index (χ0v) is 20.1. The fraction of sp³-hybridized carbons (Fsp3) is 0.308. The summed E-state index contributed by atoms with van der Waals surface area (Å²) in [4.78, 5) is 33.4. The zero-order valence-electron chi connectivity index (χ0n) is 19.3. The number of hydrogen-bond donors (Lipinski definition) is 1. The minimum atomic E-state index is -0.387. The molecule has 5 rings (SSSR count). The second-order valence-corrected chi connectivity index (χ2v) is 10.0. The Morgan fingerprint density at radius 1 is 1.03 bits per heavy atom. The fourth-order valence-corrected chi connectivity index (χ4v) is 5.54. The lowest BCUT2D eigenvalue weighted by Gasteiger charge is -2.34. The molecule has 2 unspecified atom stereocenters. The van der Waals surface area contributed by atoms with Gasteiger partial charge >= 0.3 is 0 Å². The molecule has 3 heterocycles. The molecule has 1 aliphatic rings. The van der Waals surface area contributed by atoms with Crippen LogP contribution < -0.4 is 10.9 Å². The van der Waals surface area contributed by atoms with Gasteiger partial charge in [-0.05, 0) is 36.5 Å². The molecule has 2 atom stereocenters. The molecule has 1 amide bonds. The van der Waals surface area contributed by atoms with E-state index in [0.717, 1.165) is 25.3 Å². The summed E-state index contributed by atoms with van der Waals surface area (Å²) in [5.74, 6) is 0.976. The average molecular weight is 474 g/mol. The van der Waals surface area contributed by atoms with Crippen LogP contribution in [0.4, 0.5) is 5.13 Å². The Labute approximate surface area is 202 Å². The molecule has 34 heavy (non-hydrogen) atoms. The van der Waals surface area contributed by atoms with Crippen molar-refractivity contribution in [1.82, 2.24) is 19.7 Å². The number of thiazole rings is 1. The van der Waals surface area contributed by atoms with Gasteiger partial charge in [-0.2, -0.15) is 9.78 Å². The van der Waals surface area contributed by atoms with Gasteiger partial charge in [0.05, 0.1) is 16.8 Å². The number of anilines is 1. The maximum atomic E-state index is 13.3. The van der Waals surface area contributed by atoms with Crippen molar-refractivity contribution in [3.05, 3.63) is 81.7 Å². The molecule has 4 aromatic rings. The number of rotatable bonds is 5. The number of likely N-dealkylation sites (tertiary alicyclic amines) is 1. The first-order valence-electron chi connectivity index (χ1n) is 11.5. The van der Waals surface area contributed by atoms with Gasteiger partial charge in [0.25, 0.3) is 11.5 Å². The van der Waals surface area contributed by atoms with Crippen molar-refractivity contribution in [1.29, 1.82) is 0 Å².